The third kappa shape index (κ3) is 6.36. The molecule has 0 heterocycles. The largest absolute Gasteiger partial charge is 0.458 e. The number of rotatable bonds is 5. The van der Waals surface area contributed by atoms with Gasteiger partial charge in [-0.25, -0.2) is 4.79 Å². The van der Waals surface area contributed by atoms with Crippen molar-refractivity contribution < 1.29 is 19.4 Å². The van der Waals surface area contributed by atoms with Gasteiger partial charge in [-0.15, -0.1) is 0 Å². The molecule has 0 radical (unpaired) electrons. The summed E-state index contributed by atoms with van der Waals surface area (Å²) < 4.78 is 10.6. The first kappa shape index (κ1) is 15.4. The summed E-state index contributed by atoms with van der Waals surface area (Å²) in [7, 11) is 0. The Hall–Kier alpha value is -0.610. The van der Waals surface area contributed by atoms with Crippen molar-refractivity contribution in [3.05, 3.63) is 0 Å². The zero-order valence-corrected chi connectivity index (χ0v) is 11.8. The Morgan fingerprint density at radius 1 is 1.17 bits per heavy atom. The van der Waals surface area contributed by atoms with Gasteiger partial charge in [0, 0.05) is 6.61 Å². The van der Waals surface area contributed by atoms with Crippen LogP contribution in [0.5, 0.6) is 0 Å². The number of aliphatic hydroxyl groups excluding tert-OH is 1. The maximum absolute atomic E-state index is 11.4. The fourth-order valence-electron chi connectivity index (χ4n) is 2.26. The van der Waals surface area contributed by atoms with Crippen LogP contribution in [0.3, 0.4) is 0 Å². The molecule has 0 aliphatic heterocycles. The van der Waals surface area contributed by atoms with Crippen molar-refractivity contribution in [2.75, 3.05) is 19.8 Å². The Bertz CT molecular complexity index is 249. The van der Waals surface area contributed by atoms with Crippen molar-refractivity contribution in [3.63, 3.8) is 0 Å². The normalized spacial score (nSPS) is 24.9. The van der Waals surface area contributed by atoms with E-state index in [1.165, 1.54) is 0 Å². The number of carbonyl (C=O) groups excluding carboxylic acids is 1. The highest BCUT2D eigenvalue weighted by atomic mass is 16.6. The fraction of sp³-hybridized carbons (Fsp3) is 0.929. The van der Waals surface area contributed by atoms with Crippen LogP contribution < -0.4 is 0 Å². The van der Waals surface area contributed by atoms with E-state index >= 15 is 0 Å². The molecule has 1 N–H and O–H groups in total. The second-order valence-corrected chi connectivity index (χ2v) is 6.17. The van der Waals surface area contributed by atoms with Crippen molar-refractivity contribution in [1.82, 2.24) is 0 Å². The zero-order chi connectivity index (χ0) is 13.6. The van der Waals surface area contributed by atoms with Crippen LogP contribution in [0.15, 0.2) is 0 Å². The van der Waals surface area contributed by atoms with Gasteiger partial charge in [0.25, 0.3) is 0 Å². The molecule has 0 atom stereocenters. The van der Waals surface area contributed by atoms with Crippen molar-refractivity contribution in [1.29, 1.82) is 0 Å². The van der Waals surface area contributed by atoms with Crippen LogP contribution in [-0.4, -0.2) is 36.5 Å². The highest BCUT2D eigenvalue weighted by Crippen LogP contribution is 2.28. The SMILES string of the molecule is CC(C)(C)OC(=O)COC[C@H]1CC[C@H](CO)CC1. The summed E-state index contributed by atoms with van der Waals surface area (Å²) in [4.78, 5) is 11.4. The second-order valence-electron chi connectivity index (χ2n) is 6.17. The minimum absolute atomic E-state index is 0.0389. The molecule has 0 unspecified atom stereocenters. The Labute approximate surface area is 110 Å². The number of hydrogen-bond acceptors (Lipinski definition) is 4. The third-order valence-corrected chi connectivity index (χ3v) is 3.22. The van der Waals surface area contributed by atoms with Gasteiger partial charge < -0.3 is 14.6 Å². The molecule has 18 heavy (non-hydrogen) atoms. The molecular formula is C14H26O4. The Kier molecular flexibility index (Phi) is 6.09. The Balaban J connectivity index is 2.10. The van der Waals surface area contributed by atoms with Gasteiger partial charge >= 0.3 is 5.97 Å². The first-order valence-corrected chi connectivity index (χ1v) is 6.81. The van der Waals surface area contributed by atoms with Gasteiger partial charge in [-0.2, -0.15) is 0 Å². The third-order valence-electron chi connectivity index (χ3n) is 3.22. The van der Waals surface area contributed by atoms with Gasteiger partial charge in [-0.3, -0.25) is 0 Å². The van der Waals surface area contributed by atoms with Gasteiger partial charge in [0.05, 0.1) is 6.61 Å². The lowest BCUT2D eigenvalue weighted by molar-refractivity contribution is -0.160. The van der Waals surface area contributed by atoms with Gasteiger partial charge in [-0.05, 0) is 58.3 Å². The minimum Gasteiger partial charge on any atom is -0.458 e. The molecule has 1 saturated carbocycles. The van der Waals surface area contributed by atoms with Crippen LogP contribution in [0, 0.1) is 11.8 Å². The van der Waals surface area contributed by atoms with E-state index in [0.717, 1.165) is 25.7 Å². The summed E-state index contributed by atoms with van der Waals surface area (Å²) in [5.41, 5.74) is -0.445. The second kappa shape index (κ2) is 7.10. The standard InChI is InChI=1S/C14H26O4/c1-14(2,3)18-13(16)10-17-9-12-6-4-11(8-15)5-7-12/h11-12,15H,4-10H2,1-3H3/t11-,12-. The number of ether oxygens (including phenoxy) is 2. The van der Waals surface area contributed by atoms with Crippen LogP contribution in [0.25, 0.3) is 0 Å². The van der Waals surface area contributed by atoms with Gasteiger partial charge in [0.1, 0.15) is 12.2 Å². The summed E-state index contributed by atoms with van der Waals surface area (Å²) in [6.07, 6.45) is 4.30. The molecule has 4 nitrogen and oxygen atoms in total. The summed E-state index contributed by atoms with van der Waals surface area (Å²) in [5, 5.41) is 9.04. The zero-order valence-electron chi connectivity index (χ0n) is 11.8. The minimum atomic E-state index is -0.445. The van der Waals surface area contributed by atoms with E-state index < -0.39 is 5.60 Å². The predicted octanol–water partition coefficient (Wildman–Crippen LogP) is 2.14. The lowest BCUT2D eigenvalue weighted by Gasteiger charge is -2.27. The first-order valence-electron chi connectivity index (χ1n) is 6.81. The van der Waals surface area contributed by atoms with Crippen LogP contribution in [0.1, 0.15) is 46.5 Å². The fourth-order valence-corrected chi connectivity index (χ4v) is 2.26. The molecule has 0 spiro atoms. The van der Waals surface area contributed by atoms with E-state index in [-0.39, 0.29) is 12.6 Å². The van der Waals surface area contributed by atoms with Crippen molar-refractivity contribution in [2.45, 2.75) is 52.1 Å². The Morgan fingerprint density at radius 3 is 2.22 bits per heavy atom. The van der Waals surface area contributed by atoms with E-state index in [9.17, 15) is 4.79 Å². The summed E-state index contributed by atoms with van der Waals surface area (Å²) in [6.45, 7) is 6.50. The molecule has 106 valence electrons. The first-order chi connectivity index (χ1) is 8.40. The molecule has 0 aromatic heterocycles. The lowest BCUT2D eigenvalue weighted by Crippen LogP contribution is -2.28. The molecule has 0 bridgehead atoms. The summed E-state index contributed by atoms with van der Waals surface area (Å²) >= 11 is 0. The monoisotopic (exact) mass is 258 g/mol. The number of hydrogen-bond donors (Lipinski definition) is 1. The number of esters is 1. The van der Waals surface area contributed by atoms with E-state index in [4.69, 9.17) is 14.6 Å². The van der Waals surface area contributed by atoms with Crippen LogP contribution >= 0.6 is 0 Å². The highest BCUT2D eigenvalue weighted by Gasteiger charge is 2.21. The van der Waals surface area contributed by atoms with Gasteiger partial charge in [0.15, 0.2) is 0 Å². The lowest BCUT2D eigenvalue weighted by atomic mass is 9.83. The van der Waals surface area contributed by atoms with Crippen LogP contribution in [0.4, 0.5) is 0 Å². The quantitative estimate of drug-likeness (QED) is 0.768. The Morgan fingerprint density at radius 2 is 1.72 bits per heavy atom. The molecule has 1 aliphatic carbocycles. The molecule has 1 aliphatic rings. The molecule has 0 aromatic rings. The molecule has 1 rings (SSSR count). The predicted molar refractivity (Wildman–Crippen MR) is 69.2 cm³/mol. The van der Waals surface area contributed by atoms with E-state index in [1.807, 2.05) is 20.8 Å². The van der Waals surface area contributed by atoms with Gasteiger partial charge in [0.2, 0.25) is 0 Å². The van der Waals surface area contributed by atoms with Crippen molar-refractivity contribution in [2.24, 2.45) is 11.8 Å². The van der Waals surface area contributed by atoms with E-state index in [1.54, 1.807) is 0 Å². The highest BCUT2D eigenvalue weighted by molar-refractivity contribution is 5.71. The van der Waals surface area contributed by atoms with Crippen molar-refractivity contribution in [3.8, 4) is 0 Å². The number of carbonyl (C=O) groups is 1. The number of aliphatic hydroxyl groups is 1. The maximum atomic E-state index is 11.4. The van der Waals surface area contributed by atoms with Gasteiger partial charge in [-0.1, -0.05) is 0 Å². The molecule has 0 aromatic carbocycles. The van der Waals surface area contributed by atoms with E-state index in [2.05, 4.69) is 0 Å². The smallest absolute Gasteiger partial charge is 0.332 e. The van der Waals surface area contributed by atoms with Crippen LogP contribution in [-0.2, 0) is 14.3 Å². The molecule has 1 fully saturated rings. The van der Waals surface area contributed by atoms with E-state index in [0.29, 0.717) is 25.0 Å². The van der Waals surface area contributed by atoms with Crippen LogP contribution in [0.2, 0.25) is 0 Å². The molecule has 4 heteroatoms. The molecular weight excluding hydrogens is 232 g/mol. The maximum Gasteiger partial charge on any atom is 0.332 e. The average molecular weight is 258 g/mol. The molecule has 0 amide bonds. The molecule has 0 saturated heterocycles. The summed E-state index contributed by atoms with van der Waals surface area (Å²) in [6, 6.07) is 0. The topological polar surface area (TPSA) is 55.8 Å². The van der Waals surface area contributed by atoms with Crippen molar-refractivity contribution >= 4 is 5.97 Å². The average Bonchev–Trinajstić information content (AvgIpc) is 2.27. The summed E-state index contributed by atoms with van der Waals surface area (Å²) in [5.74, 6) is 0.689.